The summed E-state index contributed by atoms with van der Waals surface area (Å²) in [5, 5.41) is 10.1. The predicted octanol–water partition coefficient (Wildman–Crippen LogP) is 2.64. The van der Waals surface area contributed by atoms with Crippen molar-refractivity contribution in [3.63, 3.8) is 0 Å². The Balaban J connectivity index is 3.39. The van der Waals surface area contributed by atoms with Gasteiger partial charge in [-0.3, -0.25) is 0 Å². The zero-order valence-electron chi connectivity index (χ0n) is 11.4. The molecule has 0 bridgehead atoms. The summed E-state index contributed by atoms with van der Waals surface area (Å²) in [5.74, 6) is 0.759. The lowest BCUT2D eigenvalue weighted by molar-refractivity contribution is 0.0747. The second-order valence-corrected chi connectivity index (χ2v) is 4.94. The number of ether oxygens (including phenoxy) is 1. The first-order valence-electron chi connectivity index (χ1n) is 6.03. The molecule has 0 fully saturated rings. The molecule has 0 aliphatic carbocycles. The van der Waals surface area contributed by atoms with Crippen molar-refractivity contribution in [2.24, 2.45) is 5.73 Å². The second kappa shape index (κ2) is 5.07. The average Bonchev–Trinajstić information content (AvgIpc) is 2.18. The molecule has 0 saturated heterocycles. The highest BCUT2D eigenvalue weighted by Crippen LogP contribution is 2.35. The molecule has 0 aromatic heterocycles. The van der Waals surface area contributed by atoms with Crippen molar-refractivity contribution >= 4 is 0 Å². The van der Waals surface area contributed by atoms with Gasteiger partial charge in [-0.2, -0.15) is 0 Å². The van der Waals surface area contributed by atoms with Crippen LogP contribution in [-0.4, -0.2) is 11.7 Å². The van der Waals surface area contributed by atoms with Gasteiger partial charge >= 0.3 is 0 Å². The molecule has 1 aromatic rings. The van der Waals surface area contributed by atoms with E-state index in [2.05, 4.69) is 0 Å². The molecule has 0 heterocycles. The lowest BCUT2D eigenvalue weighted by atomic mass is 9.91. The summed E-state index contributed by atoms with van der Waals surface area (Å²) in [6.07, 6.45) is 0. The van der Waals surface area contributed by atoms with E-state index in [-0.39, 0.29) is 6.04 Å². The highest BCUT2D eigenvalue weighted by Gasteiger charge is 2.24. The Morgan fingerprint density at radius 2 is 2.00 bits per heavy atom. The molecule has 0 radical (unpaired) electrons. The number of nitrogens with two attached hydrogens (primary N) is 1. The van der Waals surface area contributed by atoms with E-state index in [0.717, 1.165) is 22.4 Å². The second-order valence-electron chi connectivity index (χ2n) is 4.94. The monoisotopic (exact) mass is 237 g/mol. The van der Waals surface area contributed by atoms with Crippen molar-refractivity contribution in [1.82, 2.24) is 0 Å². The standard InChI is InChI=1S/C14H23NO2/c1-6-17-13-9(2)11(10(3)15)7-8-12(13)14(4,5)16/h7-8,10,16H,6,15H2,1-5H3/t10-/m1/s1. The van der Waals surface area contributed by atoms with Crippen molar-refractivity contribution in [2.75, 3.05) is 6.61 Å². The maximum Gasteiger partial charge on any atom is 0.128 e. The molecule has 3 nitrogen and oxygen atoms in total. The smallest absolute Gasteiger partial charge is 0.128 e. The van der Waals surface area contributed by atoms with E-state index in [4.69, 9.17) is 10.5 Å². The minimum absolute atomic E-state index is 0.0370. The summed E-state index contributed by atoms with van der Waals surface area (Å²) in [6.45, 7) is 9.96. The van der Waals surface area contributed by atoms with Crippen LogP contribution in [0.4, 0.5) is 0 Å². The zero-order chi connectivity index (χ0) is 13.2. The SMILES string of the molecule is CCOc1c(C(C)(C)O)ccc([C@@H](C)N)c1C. The summed E-state index contributed by atoms with van der Waals surface area (Å²) in [6, 6.07) is 3.83. The van der Waals surface area contributed by atoms with Gasteiger partial charge in [0.25, 0.3) is 0 Å². The third-order valence-electron chi connectivity index (χ3n) is 2.89. The number of rotatable bonds is 4. The van der Waals surface area contributed by atoms with Gasteiger partial charge in [0.1, 0.15) is 5.75 Å². The van der Waals surface area contributed by atoms with Crippen molar-refractivity contribution in [2.45, 2.75) is 46.3 Å². The van der Waals surface area contributed by atoms with Crippen LogP contribution in [0.1, 0.15) is 50.4 Å². The molecule has 3 N–H and O–H groups in total. The molecule has 0 spiro atoms. The molecular weight excluding hydrogens is 214 g/mol. The Labute approximate surface area is 104 Å². The van der Waals surface area contributed by atoms with Crippen LogP contribution in [0.2, 0.25) is 0 Å². The number of hydrogen-bond acceptors (Lipinski definition) is 3. The molecule has 0 unspecified atom stereocenters. The molecule has 0 aliphatic rings. The summed E-state index contributed by atoms with van der Waals surface area (Å²) >= 11 is 0. The number of benzene rings is 1. The van der Waals surface area contributed by atoms with Gasteiger partial charge in [-0.1, -0.05) is 12.1 Å². The molecule has 96 valence electrons. The predicted molar refractivity (Wildman–Crippen MR) is 70.2 cm³/mol. The van der Waals surface area contributed by atoms with E-state index in [9.17, 15) is 5.11 Å². The van der Waals surface area contributed by atoms with Crippen LogP contribution < -0.4 is 10.5 Å². The van der Waals surface area contributed by atoms with Crippen LogP contribution >= 0.6 is 0 Å². The lowest BCUT2D eigenvalue weighted by Crippen LogP contribution is -2.19. The topological polar surface area (TPSA) is 55.5 Å². The zero-order valence-corrected chi connectivity index (χ0v) is 11.4. The fourth-order valence-electron chi connectivity index (χ4n) is 2.01. The summed E-state index contributed by atoms with van der Waals surface area (Å²) in [4.78, 5) is 0. The van der Waals surface area contributed by atoms with Gasteiger partial charge in [-0.15, -0.1) is 0 Å². The van der Waals surface area contributed by atoms with Gasteiger partial charge < -0.3 is 15.6 Å². The van der Waals surface area contributed by atoms with E-state index in [1.54, 1.807) is 13.8 Å². The van der Waals surface area contributed by atoms with E-state index >= 15 is 0 Å². The van der Waals surface area contributed by atoms with E-state index < -0.39 is 5.60 Å². The van der Waals surface area contributed by atoms with Gasteiger partial charge in [-0.05, 0) is 45.7 Å². The summed E-state index contributed by atoms with van der Waals surface area (Å²) in [7, 11) is 0. The third kappa shape index (κ3) is 2.99. The van der Waals surface area contributed by atoms with Crippen molar-refractivity contribution in [3.8, 4) is 5.75 Å². The number of hydrogen-bond donors (Lipinski definition) is 2. The van der Waals surface area contributed by atoms with Crippen molar-refractivity contribution in [3.05, 3.63) is 28.8 Å². The molecule has 1 aromatic carbocycles. The Hall–Kier alpha value is -1.06. The van der Waals surface area contributed by atoms with Gasteiger partial charge in [-0.25, -0.2) is 0 Å². The fourth-order valence-corrected chi connectivity index (χ4v) is 2.01. The first kappa shape index (κ1) is 14.0. The Bertz CT molecular complexity index is 392. The van der Waals surface area contributed by atoms with Gasteiger partial charge in [0.2, 0.25) is 0 Å². The van der Waals surface area contributed by atoms with E-state index in [1.807, 2.05) is 32.9 Å². The largest absolute Gasteiger partial charge is 0.493 e. The quantitative estimate of drug-likeness (QED) is 0.846. The molecule has 17 heavy (non-hydrogen) atoms. The molecule has 1 atom stereocenters. The molecule has 3 heteroatoms. The van der Waals surface area contributed by atoms with Crippen LogP contribution in [0.3, 0.4) is 0 Å². The number of aliphatic hydroxyl groups is 1. The highest BCUT2D eigenvalue weighted by atomic mass is 16.5. The molecular formula is C14H23NO2. The Kier molecular flexibility index (Phi) is 4.17. The summed E-state index contributed by atoms with van der Waals surface area (Å²) < 4.78 is 5.67. The minimum Gasteiger partial charge on any atom is -0.493 e. The van der Waals surface area contributed by atoms with Crippen LogP contribution in [-0.2, 0) is 5.60 Å². The van der Waals surface area contributed by atoms with Crippen molar-refractivity contribution < 1.29 is 9.84 Å². The van der Waals surface area contributed by atoms with Crippen LogP contribution in [0.5, 0.6) is 5.75 Å². The van der Waals surface area contributed by atoms with Gasteiger partial charge in [0.15, 0.2) is 0 Å². The minimum atomic E-state index is -0.911. The van der Waals surface area contributed by atoms with Gasteiger partial charge in [0.05, 0.1) is 12.2 Å². The normalized spacial score (nSPS) is 13.6. The average molecular weight is 237 g/mol. The van der Waals surface area contributed by atoms with Crippen LogP contribution in [0.15, 0.2) is 12.1 Å². The van der Waals surface area contributed by atoms with Crippen LogP contribution in [0.25, 0.3) is 0 Å². The van der Waals surface area contributed by atoms with E-state index in [0.29, 0.717) is 6.61 Å². The summed E-state index contributed by atoms with van der Waals surface area (Å²) in [5.41, 5.74) is 7.89. The van der Waals surface area contributed by atoms with E-state index in [1.165, 1.54) is 0 Å². The van der Waals surface area contributed by atoms with Crippen molar-refractivity contribution in [1.29, 1.82) is 0 Å². The Morgan fingerprint density at radius 3 is 2.41 bits per heavy atom. The lowest BCUT2D eigenvalue weighted by Gasteiger charge is -2.25. The fraction of sp³-hybridized carbons (Fsp3) is 0.571. The molecule has 0 saturated carbocycles. The first-order valence-corrected chi connectivity index (χ1v) is 6.03. The highest BCUT2D eigenvalue weighted by molar-refractivity contribution is 5.49. The first-order chi connectivity index (χ1) is 7.79. The molecule has 0 aliphatic heterocycles. The molecule has 1 rings (SSSR count). The van der Waals surface area contributed by atoms with Gasteiger partial charge in [0, 0.05) is 11.6 Å². The van der Waals surface area contributed by atoms with Crippen LogP contribution in [0, 0.1) is 6.92 Å². The maximum atomic E-state index is 10.1. The third-order valence-corrected chi connectivity index (χ3v) is 2.89. The molecule has 0 amide bonds. The maximum absolute atomic E-state index is 10.1. The Morgan fingerprint density at radius 1 is 1.41 bits per heavy atom.